The Hall–Kier alpha value is -3.14. The Morgan fingerprint density at radius 1 is 1.06 bits per heavy atom. The molecular formula is C26H21BrN2O4S2. The zero-order valence-electron chi connectivity index (χ0n) is 18.7. The molecule has 2 amide bonds. The van der Waals surface area contributed by atoms with Crippen LogP contribution in [0.1, 0.15) is 12.5 Å². The summed E-state index contributed by atoms with van der Waals surface area (Å²) in [5.74, 6) is 0.459. The molecule has 1 fully saturated rings. The first kappa shape index (κ1) is 25.0. The number of anilines is 2. The lowest BCUT2D eigenvalue weighted by Gasteiger charge is -2.14. The number of carbonyl (C=O) groups is 2. The number of ether oxygens (including phenoxy) is 2. The average molecular weight is 570 g/mol. The third-order valence-corrected chi connectivity index (χ3v) is 6.69. The lowest BCUT2D eigenvalue weighted by atomic mass is 10.1. The molecule has 0 spiro atoms. The van der Waals surface area contributed by atoms with Crippen molar-refractivity contribution in [3.05, 3.63) is 87.7 Å². The number of halogens is 1. The fourth-order valence-electron chi connectivity index (χ4n) is 3.29. The number of thiocarbonyl (C=S) groups is 1. The molecule has 0 radical (unpaired) electrons. The van der Waals surface area contributed by atoms with Gasteiger partial charge in [-0.3, -0.25) is 14.5 Å². The predicted molar refractivity (Wildman–Crippen MR) is 148 cm³/mol. The zero-order chi connectivity index (χ0) is 24.8. The molecule has 1 N–H and O–H groups in total. The first-order valence-corrected chi connectivity index (χ1v) is 12.7. The molecule has 178 valence electrons. The highest BCUT2D eigenvalue weighted by molar-refractivity contribution is 9.10. The number of carbonyl (C=O) groups excluding carboxylic acids is 2. The number of hydrogen-bond donors (Lipinski definition) is 1. The summed E-state index contributed by atoms with van der Waals surface area (Å²) in [7, 11) is 0. The molecule has 1 saturated heterocycles. The van der Waals surface area contributed by atoms with Gasteiger partial charge in [0.05, 0.1) is 17.2 Å². The highest BCUT2D eigenvalue weighted by atomic mass is 79.9. The number of amides is 2. The van der Waals surface area contributed by atoms with Gasteiger partial charge >= 0.3 is 0 Å². The van der Waals surface area contributed by atoms with Gasteiger partial charge in [0.2, 0.25) is 0 Å². The number of nitrogens with one attached hydrogen (secondary N) is 1. The van der Waals surface area contributed by atoms with E-state index in [1.165, 1.54) is 16.7 Å². The normalized spacial score (nSPS) is 14.3. The Balaban J connectivity index is 1.46. The van der Waals surface area contributed by atoms with Crippen LogP contribution in [-0.2, 0) is 9.59 Å². The maximum atomic E-state index is 13.0. The molecule has 6 nitrogen and oxygen atoms in total. The van der Waals surface area contributed by atoms with Gasteiger partial charge in [-0.1, -0.05) is 64.2 Å². The van der Waals surface area contributed by atoms with Gasteiger partial charge < -0.3 is 14.8 Å². The molecule has 0 aliphatic carbocycles. The van der Waals surface area contributed by atoms with Crippen molar-refractivity contribution >= 4 is 73.5 Å². The van der Waals surface area contributed by atoms with Crippen LogP contribution in [0.25, 0.3) is 6.08 Å². The second-order valence-corrected chi connectivity index (χ2v) is 9.93. The van der Waals surface area contributed by atoms with Crippen LogP contribution in [0, 0.1) is 0 Å². The summed E-state index contributed by atoms with van der Waals surface area (Å²) in [6, 6.07) is 21.9. The Labute approximate surface area is 221 Å². The number of thioether (sulfide) groups is 1. The summed E-state index contributed by atoms with van der Waals surface area (Å²) >= 11 is 10.1. The van der Waals surface area contributed by atoms with Crippen molar-refractivity contribution in [2.75, 3.05) is 23.4 Å². The quantitative estimate of drug-likeness (QED) is 0.255. The molecule has 0 aromatic heterocycles. The number of rotatable bonds is 8. The standard InChI is InChI=1S/C26H21BrN2O4S2/c1-2-32-22-14-17(15-23-25(31)29(26(34)35-23)20-6-4-3-5-7-20)8-13-21(22)33-16-24(30)28-19-11-9-18(27)10-12-19/h3-15H,2,16H2,1H3,(H,28,30)/b23-15-. The largest absolute Gasteiger partial charge is 0.490 e. The molecule has 0 atom stereocenters. The Bertz CT molecular complexity index is 1280. The SMILES string of the molecule is CCOc1cc(/C=C2\SC(=S)N(c3ccccc3)C2=O)ccc1OCC(=O)Nc1ccc(Br)cc1. The maximum absolute atomic E-state index is 13.0. The van der Waals surface area contributed by atoms with Crippen LogP contribution < -0.4 is 19.7 Å². The molecule has 1 heterocycles. The van der Waals surface area contributed by atoms with Gasteiger partial charge in [-0.25, -0.2) is 0 Å². The van der Waals surface area contributed by atoms with Crippen molar-refractivity contribution in [1.82, 2.24) is 0 Å². The molecule has 4 rings (SSSR count). The van der Waals surface area contributed by atoms with E-state index in [0.29, 0.717) is 33.0 Å². The summed E-state index contributed by atoms with van der Waals surface area (Å²) in [6.07, 6.45) is 1.77. The Morgan fingerprint density at radius 3 is 2.51 bits per heavy atom. The van der Waals surface area contributed by atoms with Crippen molar-refractivity contribution in [2.24, 2.45) is 0 Å². The van der Waals surface area contributed by atoms with Crippen LogP contribution in [0.2, 0.25) is 0 Å². The van der Waals surface area contributed by atoms with Crippen LogP contribution in [0.5, 0.6) is 11.5 Å². The fourth-order valence-corrected chi connectivity index (χ4v) is 4.86. The van der Waals surface area contributed by atoms with Gasteiger partial charge in [-0.15, -0.1) is 0 Å². The maximum Gasteiger partial charge on any atom is 0.270 e. The molecule has 3 aromatic rings. The lowest BCUT2D eigenvalue weighted by molar-refractivity contribution is -0.118. The second-order valence-electron chi connectivity index (χ2n) is 7.34. The van der Waals surface area contributed by atoms with Gasteiger partial charge in [-0.2, -0.15) is 0 Å². The van der Waals surface area contributed by atoms with E-state index in [1.807, 2.05) is 49.4 Å². The monoisotopic (exact) mass is 568 g/mol. The van der Waals surface area contributed by atoms with E-state index >= 15 is 0 Å². The summed E-state index contributed by atoms with van der Waals surface area (Å²) < 4.78 is 12.8. The highest BCUT2D eigenvalue weighted by Gasteiger charge is 2.33. The Morgan fingerprint density at radius 2 is 1.80 bits per heavy atom. The third kappa shape index (κ3) is 6.30. The van der Waals surface area contributed by atoms with Gasteiger partial charge in [0.1, 0.15) is 0 Å². The van der Waals surface area contributed by atoms with Crippen LogP contribution in [0.15, 0.2) is 82.2 Å². The summed E-state index contributed by atoms with van der Waals surface area (Å²) in [6.45, 7) is 2.11. The van der Waals surface area contributed by atoms with Crippen LogP contribution >= 0.6 is 39.9 Å². The van der Waals surface area contributed by atoms with E-state index in [1.54, 1.807) is 36.4 Å². The van der Waals surface area contributed by atoms with E-state index < -0.39 is 0 Å². The summed E-state index contributed by atoms with van der Waals surface area (Å²) in [4.78, 5) is 27.3. The third-order valence-electron chi connectivity index (χ3n) is 4.86. The molecule has 3 aromatic carbocycles. The van der Waals surface area contributed by atoms with Crippen LogP contribution in [0.4, 0.5) is 11.4 Å². The molecular weight excluding hydrogens is 548 g/mol. The average Bonchev–Trinajstić information content (AvgIpc) is 3.13. The minimum absolute atomic E-state index is 0.172. The van der Waals surface area contributed by atoms with Gasteiger partial charge in [0, 0.05) is 10.2 Å². The topological polar surface area (TPSA) is 67.9 Å². The smallest absolute Gasteiger partial charge is 0.270 e. The summed E-state index contributed by atoms with van der Waals surface area (Å²) in [5, 5.41) is 2.78. The summed E-state index contributed by atoms with van der Waals surface area (Å²) in [5.41, 5.74) is 2.17. The predicted octanol–water partition coefficient (Wildman–Crippen LogP) is 6.27. The molecule has 9 heteroatoms. The molecule has 0 unspecified atom stereocenters. The number of hydrogen-bond acceptors (Lipinski definition) is 6. The highest BCUT2D eigenvalue weighted by Crippen LogP contribution is 2.37. The van der Waals surface area contributed by atoms with Gasteiger partial charge in [-0.05, 0) is 67.1 Å². The minimum atomic E-state index is -0.288. The van der Waals surface area contributed by atoms with E-state index in [-0.39, 0.29) is 18.4 Å². The van der Waals surface area contributed by atoms with Crippen molar-refractivity contribution in [2.45, 2.75) is 6.92 Å². The van der Waals surface area contributed by atoms with Gasteiger partial charge in [0.25, 0.3) is 11.8 Å². The molecule has 1 aliphatic heterocycles. The molecule has 0 bridgehead atoms. The van der Waals surface area contributed by atoms with Crippen LogP contribution in [0.3, 0.4) is 0 Å². The van der Waals surface area contributed by atoms with E-state index in [9.17, 15) is 9.59 Å². The first-order valence-electron chi connectivity index (χ1n) is 10.7. The van der Waals surface area contributed by atoms with E-state index in [0.717, 1.165) is 15.7 Å². The van der Waals surface area contributed by atoms with Crippen LogP contribution in [-0.4, -0.2) is 29.3 Å². The molecule has 1 aliphatic rings. The number of para-hydroxylation sites is 1. The zero-order valence-corrected chi connectivity index (χ0v) is 21.9. The van der Waals surface area contributed by atoms with Crippen molar-refractivity contribution in [3.8, 4) is 11.5 Å². The van der Waals surface area contributed by atoms with Crippen molar-refractivity contribution in [3.63, 3.8) is 0 Å². The van der Waals surface area contributed by atoms with Gasteiger partial charge in [0.15, 0.2) is 22.4 Å². The lowest BCUT2D eigenvalue weighted by Crippen LogP contribution is -2.27. The molecule has 35 heavy (non-hydrogen) atoms. The van der Waals surface area contributed by atoms with E-state index in [2.05, 4.69) is 21.2 Å². The Kier molecular flexibility index (Phi) is 8.22. The number of nitrogens with zero attached hydrogens (tertiary/aromatic N) is 1. The number of benzene rings is 3. The van der Waals surface area contributed by atoms with Crippen molar-refractivity contribution < 1.29 is 19.1 Å². The second kappa shape index (κ2) is 11.5. The molecule has 0 saturated carbocycles. The first-order chi connectivity index (χ1) is 16.9. The van der Waals surface area contributed by atoms with Crippen molar-refractivity contribution in [1.29, 1.82) is 0 Å². The fraction of sp³-hybridized carbons (Fsp3) is 0.115. The van der Waals surface area contributed by atoms with E-state index in [4.69, 9.17) is 21.7 Å². The minimum Gasteiger partial charge on any atom is -0.490 e.